The number of aromatic nitrogens is 2. The molecule has 0 radical (unpaired) electrons. The lowest BCUT2D eigenvalue weighted by molar-refractivity contribution is 0.435. The first kappa shape index (κ1) is 9.51. The Morgan fingerprint density at radius 3 is 2.93 bits per heavy atom. The number of nitrogens with one attached hydrogen (secondary N) is 1. The van der Waals surface area contributed by atoms with Crippen LogP contribution in [-0.2, 0) is 6.42 Å². The van der Waals surface area contributed by atoms with E-state index in [1.165, 1.54) is 6.07 Å². The van der Waals surface area contributed by atoms with E-state index in [-0.39, 0.29) is 5.56 Å². The molecule has 0 saturated heterocycles. The van der Waals surface area contributed by atoms with Crippen molar-refractivity contribution in [1.82, 2.24) is 10.1 Å². The molecule has 2 heterocycles. The summed E-state index contributed by atoms with van der Waals surface area (Å²) in [6, 6.07) is 3.12. The van der Waals surface area contributed by atoms with Gasteiger partial charge in [0.15, 0.2) is 11.6 Å². The molecule has 0 spiro atoms. The quantitative estimate of drug-likeness (QED) is 0.770. The normalized spacial score (nSPS) is 10.5. The first-order chi connectivity index (χ1) is 7.22. The van der Waals surface area contributed by atoms with Crippen molar-refractivity contribution in [3.05, 3.63) is 34.2 Å². The lowest BCUT2D eigenvalue weighted by Gasteiger charge is -1.97. The number of nitrogens with zero attached hydrogens (tertiary/aromatic N) is 1. The van der Waals surface area contributed by atoms with Crippen LogP contribution in [0.25, 0.3) is 11.3 Å². The number of pyridine rings is 1. The molecule has 3 N–H and O–H groups in total. The van der Waals surface area contributed by atoms with Gasteiger partial charge in [0, 0.05) is 23.4 Å². The number of aromatic amines is 1. The lowest BCUT2D eigenvalue weighted by atomic mass is 10.1. The van der Waals surface area contributed by atoms with Crippen molar-refractivity contribution < 1.29 is 4.52 Å². The third-order valence-electron chi connectivity index (χ3n) is 2.22. The highest BCUT2D eigenvalue weighted by Gasteiger charge is 2.13. The minimum absolute atomic E-state index is 0.149. The molecule has 0 aromatic carbocycles. The van der Waals surface area contributed by atoms with Gasteiger partial charge in [-0.2, -0.15) is 0 Å². The maximum Gasteiger partial charge on any atom is 0.247 e. The highest BCUT2D eigenvalue weighted by molar-refractivity contribution is 5.64. The third kappa shape index (κ3) is 1.63. The van der Waals surface area contributed by atoms with Gasteiger partial charge in [-0.3, -0.25) is 4.79 Å². The number of anilines is 1. The van der Waals surface area contributed by atoms with Crippen LogP contribution in [-0.4, -0.2) is 10.1 Å². The molecule has 5 nitrogen and oxygen atoms in total. The average Bonchev–Trinajstić information content (AvgIpc) is 2.61. The Labute approximate surface area is 85.9 Å². The standard InChI is InChI=1S/C10H11N3O2/c1-2-7-9(15-13-10(7)11)6-3-4-8(14)12-5-6/h3-5H,2H2,1H3,(H2,11,13)(H,12,14). The Morgan fingerprint density at radius 2 is 2.33 bits per heavy atom. The van der Waals surface area contributed by atoms with Gasteiger partial charge in [0.1, 0.15) is 0 Å². The second-order valence-corrected chi connectivity index (χ2v) is 3.17. The molecule has 2 aromatic rings. The van der Waals surface area contributed by atoms with Crippen LogP contribution in [0.15, 0.2) is 27.6 Å². The fourth-order valence-corrected chi connectivity index (χ4v) is 1.44. The number of hydrogen-bond donors (Lipinski definition) is 2. The summed E-state index contributed by atoms with van der Waals surface area (Å²) in [6.07, 6.45) is 2.32. The molecule has 0 unspecified atom stereocenters. The van der Waals surface area contributed by atoms with Crippen LogP contribution in [0.3, 0.4) is 0 Å². The summed E-state index contributed by atoms with van der Waals surface area (Å²) in [7, 11) is 0. The van der Waals surface area contributed by atoms with Gasteiger partial charge in [-0.1, -0.05) is 12.1 Å². The molecule has 15 heavy (non-hydrogen) atoms. The Morgan fingerprint density at radius 1 is 1.53 bits per heavy atom. The molecule has 5 heteroatoms. The minimum Gasteiger partial charge on any atom is -0.381 e. The van der Waals surface area contributed by atoms with Gasteiger partial charge in [0.2, 0.25) is 5.56 Å². The molecule has 0 bridgehead atoms. The van der Waals surface area contributed by atoms with Crippen LogP contribution in [0, 0.1) is 0 Å². The number of nitrogen functional groups attached to an aromatic ring is 1. The fraction of sp³-hybridized carbons (Fsp3) is 0.200. The van der Waals surface area contributed by atoms with Gasteiger partial charge in [-0.15, -0.1) is 0 Å². The molecule has 2 rings (SSSR count). The van der Waals surface area contributed by atoms with Crippen molar-refractivity contribution in [2.45, 2.75) is 13.3 Å². The lowest BCUT2D eigenvalue weighted by Crippen LogP contribution is -2.01. The summed E-state index contributed by atoms with van der Waals surface area (Å²) >= 11 is 0. The van der Waals surface area contributed by atoms with Gasteiger partial charge >= 0.3 is 0 Å². The van der Waals surface area contributed by atoms with Crippen molar-refractivity contribution in [3.63, 3.8) is 0 Å². The van der Waals surface area contributed by atoms with E-state index in [4.69, 9.17) is 10.3 Å². The molecule has 78 valence electrons. The smallest absolute Gasteiger partial charge is 0.247 e. The number of hydrogen-bond acceptors (Lipinski definition) is 4. The van der Waals surface area contributed by atoms with Gasteiger partial charge in [-0.25, -0.2) is 0 Å². The maximum atomic E-state index is 10.9. The fourth-order valence-electron chi connectivity index (χ4n) is 1.44. The molecule has 0 amide bonds. The zero-order valence-electron chi connectivity index (χ0n) is 8.28. The number of rotatable bonds is 2. The molecular weight excluding hydrogens is 194 g/mol. The molecule has 0 saturated carbocycles. The Bertz CT molecular complexity index is 507. The van der Waals surface area contributed by atoms with Gasteiger partial charge in [0.25, 0.3) is 0 Å². The summed E-state index contributed by atoms with van der Waals surface area (Å²) < 4.78 is 5.12. The van der Waals surface area contributed by atoms with E-state index in [2.05, 4.69) is 10.1 Å². The zero-order valence-corrected chi connectivity index (χ0v) is 8.28. The first-order valence-corrected chi connectivity index (χ1v) is 4.65. The zero-order chi connectivity index (χ0) is 10.8. The van der Waals surface area contributed by atoms with E-state index in [1.807, 2.05) is 6.92 Å². The largest absolute Gasteiger partial charge is 0.381 e. The Hall–Kier alpha value is -2.04. The van der Waals surface area contributed by atoms with Crippen molar-refractivity contribution in [3.8, 4) is 11.3 Å². The maximum absolute atomic E-state index is 10.9. The van der Waals surface area contributed by atoms with Crippen molar-refractivity contribution >= 4 is 5.82 Å². The topological polar surface area (TPSA) is 84.9 Å². The van der Waals surface area contributed by atoms with Crippen molar-refractivity contribution in [1.29, 1.82) is 0 Å². The van der Waals surface area contributed by atoms with Crippen LogP contribution in [0.1, 0.15) is 12.5 Å². The molecular formula is C10H11N3O2. The Kier molecular flexibility index (Phi) is 2.29. The summed E-state index contributed by atoms with van der Waals surface area (Å²) in [5, 5.41) is 3.70. The molecule has 0 atom stereocenters. The van der Waals surface area contributed by atoms with Crippen molar-refractivity contribution in [2.75, 3.05) is 5.73 Å². The molecule has 0 aliphatic heterocycles. The van der Waals surface area contributed by atoms with E-state index in [0.717, 1.165) is 17.5 Å². The third-order valence-corrected chi connectivity index (χ3v) is 2.22. The van der Waals surface area contributed by atoms with E-state index in [1.54, 1.807) is 12.3 Å². The van der Waals surface area contributed by atoms with Crippen LogP contribution in [0.2, 0.25) is 0 Å². The molecule has 0 aliphatic rings. The van der Waals surface area contributed by atoms with E-state index in [9.17, 15) is 4.79 Å². The van der Waals surface area contributed by atoms with Crippen LogP contribution in [0.5, 0.6) is 0 Å². The highest BCUT2D eigenvalue weighted by atomic mass is 16.5. The van der Waals surface area contributed by atoms with E-state index in [0.29, 0.717) is 11.6 Å². The summed E-state index contributed by atoms with van der Waals surface area (Å²) in [4.78, 5) is 13.5. The average molecular weight is 205 g/mol. The van der Waals surface area contributed by atoms with E-state index < -0.39 is 0 Å². The van der Waals surface area contributed by atoms with Crippen molar-refractivity contribution in [2.24, 2.45) is 0 Å². The van der Waals surface area contributed by atoms with E-state index >= 15 is 0 Å². The van der Waals surface area contributed by atoms with Gasteiger partial charge in [-0.05, 0) is 12.5 Å². The predicted molar refractivity (Wildman–Crippen MR) is 56.4 cm³/mol. The second-order valence-electron chi connectivity index (χ2n) is 3.17. The predicted octanol–water partition coefficient (Wildman–Crippen LogP) is 1.17. The van der Waals surface area contributed by atoms with Crippen LogP contribution in [0.4, 0.5) is 5.82 Å². The van der Waals surface area contributed by atoms with Gasteiger partial charge < -0.3 is 15.2 Å². The van der Waals surface area contributed by atoms with Crippen LogP contribution >= 0.6 is 0 Å². The molecule has 0 aliphatic carbocycles. The SMILES string of the molecule is CCc1c(N)noc1-c1ccc(=O)[nH]c1. The minimum atomic E-state index is -0.149. The molecule has 2 aromatic heterocycles. The summed E-state index contributed by atoms with van der Waals surface area (Å²) in [6.45, 7) is 1.97. The number of nitrogens with two attached hydrogens (primary N) is 1. The van der Waals surface area contributed by atoms with Crippen LogP contribution < -0.4 is 11.3 Å². The highest BCUT2D eigenvalue weighted by Crippen LogP contribution is 2.26. The Balaban J connectivity index is 2.53. The first-order valence-electron chi connectivity index (χ1n) is 4.65. The monoisotopic (exact) mass is 205 g/mol. The van der Waals surface area contributed by atoms with Gasteiger partial charge in [0.05, 0.1) is 0 Å². The molecule has 0 fully saturated rings. The summed E-state index contributed by atoms with van der Waals surface area (Å²) in [5.74, 6) is 1.02. The second kappa shape index (κ2) is 3.61. The number of H-pyrrole nitrogens is 1. The summed E-state index contributed by atoms with van der Waals surface area (Å²) in [5.41, 5.74) is 7.13.